The fraction of sp³-hybridized carbons (Fsp3) is 0.500. The molecule has 1 rings (SSSR count). The van der Waals surface area contributed by atoms with Crippen molar-refractivity contribution in [2.24, 2.45) is 9.98 Å². The van der Waals surface area contributed by atoms with Crippen molar-refractivity contribution in [3.63, 3.8) is 0 Å². The maximum Gasteiger partial charge on any atom is 0.0853 e. The largest absolute Gasteiger partial charge is 0.286 e. The van der Waals surface area contributed by atoms with Crippen LogP contribution in [-0.4, -0.2) is 19.0 Å². The fourth-order valence-electron chi connectivity index (χ4n) is 1.21. The van der Waals surface area contributed by atoms with E-state index in [0.717, 1.165) is 17.8 Å². The first-order valence-corrected chi connectivity index (χ1v) is 5.18. The Labute approximate surface area is 87.2 Å². The summed E-state index contributed by atoms with van der Waals surface area (Å²) in [5.74, 6) is 0. The lowest BCUT2D eigenvalue weighted by atomic mass is 10.1. The molecule has 0 radical (unpaired) electrons. The summed E-state index contributed by atoms with van der Waals surface area (Å²) in [5, 5.41) is 0. The molecule has 0 fully saturated rings. The maximum atomic E-state index is 4.25. The molecule has 0 N–H and O–H groups in total. The van der Waals surface area contributed by atoms with Crippen LogP contribution in [0.5, 0.6) is 0 Å². The molecule has 0 unspecified atom stereocenters. The van der Waals surface area contributed by atoms with E-state index in [1.807, 2.05) is 26.1 Å². The molecule has 0 aromatic rings. The monoisotopic (exact) mass is 192 g/mol. The van der Waals surface area contributed by atoms with Gasteiger partial charge in [-0.05, 0) is 25.0 Å². The fourth-order valence-corrected chi connectivity index (χ4v) is 1.21. The lowest BCUT2D eigenvalue weighted by Gasteiger charge is -2.09. The van der Waals surface area contributed by atoms with Gasteiger partial charge in [0.05, 0.1) is 11.4 Å². The first-order chi connectivity index (χ1) is 6.79. The molecule has 14 heavy (non-hydrogen) atoms. The van der Waals surface area contributed by atoms with E-state index in [1.54, 1.807) is 7.05 Å². The van der Waals surface area contributed by atoms with E-state index in [-0.39, 0.29) is 0 Å². The van der Waals surface area contributed by atoms with Gasteiger partial charge in [0.25, 0.3) is 0 Å². The molecule has 0 spiro atoms. The van der Waals surface area contributed by atoms with Crippen LogP contribution >= 0.6 is 0 Å². The highest BCUT2D eigenvalue weighted by atomic mass is 14.8. The van der Waals surface area contributed by atoms with E-state index in [9.17, 15) is 0 Å². The number of hydrogen-bond acceptors (Lipinski definition) is 2. The van der Waals surface area contributed by atoms with Crippen LogP contribution in [0.2, 0.25) is 0 Å². The number of dihydropyridines is 1. The molecule has 0 aromatic heterocycles. The third kappa shape index (κ3) is 3.29. The number of hydrogen-bond donors (Lipinski definition) is 0. The molecule has 78 valence electrons. The summed E-state index contributed by atoms with van der Waals surface area (Å²) in [5.41, 5.74) is 3.20. The highest BCUT2D eigenvalue weighted by Gasteiger charge is 2.08. The van der Waals surface area contributed by atoms with E-state index in [1.165, 1.54) is 5.57 Å². The summed E-state index contributed by atoms with van der Waals surface area (Å²) >= 11 is 0. The zero-order chi connectivity index (χ0) is 11.0. The van der Waals surface area contributed by atoms with Gasteiger partial charge in [-0.2, -0.15) is 0 Å². The summed E-state index contributed by atoms with van der Waals surface area (Å²) in [6.07, 6.45) is 6.90. The third-order valence-corrected chi connectivity index (χ3v) is 1.78. The minimum atomic E-state index is 0.999. The van der Waals surface area contributed by atoms with Crippen LogP contribution in [0.15, 0.2) is 33.4 Å². The van der Waals surface area contributed by atoms with Crippen molar-refractivity contribution in [1.82, 2.24) is 0 Å². The topological polar surface area (TPSA) is 24.7 Å². The van der Waals surface area contributed by atoms with Crippen LogP contribution in [0, 0.1) is 0 Å². The van der Waals surface area contributed by atoms with Crippen LogP contribution in [0.3, 0.4) is 0 Å². The summed E-state index contributed by atoms with van der Waals surface area (Å²) in [6.45, 7) is 8.15. The van der Waals surface area contributed by atoms with Crippen molar-refractivity contribution in [1.29, 1.82) is 0 Å². The molecule has 0 amide bonds. The molecule has 1 aliphatic heterocycles. The van der Waals surface area contributed by atoms with Crippen LogP contribution in [-0.2, 0) is 0 Å². The molecule has 1 heterocycles. The van der Waals surface area contributed by atoms with Crippen molar-refractivity contribution in [2.45, 2.75) is 34.1 Å². The summed E-state index contributed by atoms with van der Waals surface area (Å²) in [6, 6.07) is 0. The molecule has 0 bridgehead atoms. The Balaban J connectivity index is 0.000000791. The first-order valence-electron chi connectivity index (χ1n) is 5.18. The zero-order valence-corrected chi connectivity index (χ0v) is 9.83. The van der Waals surface area contributed by atoms with Gasteiger partial charge in [0.2, 0.25) is 0 Å². The summed E-state index contributed by atoms with van der Waals surface area (Å²) < 4.78 is 0. The van der Waals surface area contributed by atoms with Gasteiger partial charge in [0.1, 0.15) is 0 Å². The van der Waals surface area contributed by atoms with Gasteiger partial charge in [0, 0.05) is 13.3 Å². The lowest BCUT2D eigenvalue weighted by molar-refractivity contribution is 1.19. The molecule has 0 atom stereocenters. The van der Waals surface area contributed by atoms with Gasteiger partial charge in [-0.1, -0.05) is 26.8 Å². The highest BCUT2D eigenvalue weighted by Crippen LogP contribution is 2.13. The SMILES string of the molecule is CC.CC/C=C1/N=CC=C(C)C1=NC. The molecular weight excluding hydrogens is 172 g/mol. The standard InChI is InChI=1S/C10H14N2.C2H6/c1-4-5-9-10(11-3)8(2)6-7-12-9;1-2/h5-7H,4H2,1-3H3;1-2H3/b9-5+,11-10?;. The van der Waals surface area contributed by atoms with Crippen molar-refractivity contribution >= 4 is 11.9 Å². The zero-order valence-electron chi connectivity index (χ0n) is 9.83. The van der Waals surface area contributed by atoms with Gasteiger partial charge >= 0.3 is 0 Å². The van der Waals surface area contributed by atoms with Crippen molar-refractivity contribution in [2.75, 3.05) is 7.05 Å². The van der Waals surface area contributed by atoms with Crippen LogP contribution < -0.4 is 0 Å². The van der Waals surface area contributed by atoms with E-state index >= 15 is 0 Å². The molecule has 2 nitrogen and oxygen atoms in total. The second-order valence-corrected chi connectivity index (χ2v) is 2.70. The maximum absolute atomic E-state index is 4.25. The normalized spacial score (nSPS) is 20.5. The Hall–Kier alpha value is -1.18. The Bertz CT molecular complexity index is 281. The van der Waals surface area contributed by atoms with E-state index < -0.39 is 0 Å². The van der Waals surface area contributed by atoms with Gasteiger partial charge in [-0.15, -0.1) is 0 Å². The van der Waals surface area contributed by atoms with Crippen molar-refractivity contribution in [3.05, 3.63) is 23.4 Å². The molecule has 0 aliphatic carbocycles. The summed E-state index contributed by atoms with van der Waals surface area (Å²) in [7, 11) is 1.80. The predicted octanol–water partition coefficient (Wildman–Crippen LogP) is 3.41. The van der Waals surface area contributed by atoms with Crippen molar-refractivity contribution < 1.29 is 0 Å². The van der Waals surface area contributed by atoms with E-state index in [2.05, 4.69) is 29.9 Å². The number of rotatable bonds is 1. The highest BCUT2D eigenvalue weighted by molar-refractivity contribution is 6.16. The van der Waals surface area contributed by atoms with Crippen LogP contribution in [0.25, 0.3) is 0 Å². The Kier molecular flexibility index (Phi) is 6.63. The van der Waals surface area contributed by atoms with Gasteiger partial charge in [-0.25, -0.2) is 0 Å². The minimum absolute atomic E-state index is 0.999. The Morgan fingerprint density at radius 2 is 2.07 bits per heavy atom. The average molecular weight is 192 g/mol. The first kappa shape index (κ1) is 12.8. The molecule has 0 saturated carbocycles. The number of allylic oxidation sites excluding steroid dienone is 3. The molecule has 1 aliphatic rings. The van der Waals surface area contributed by atoms with Gasteiger partial charge in [-0.3, -0.25) is 9.98 Å². The van der Waals surface area contributed by atoms with E-state index in [0.29, 0.717) is 0 Å². The minimum Gasteiger partial charge on any atom is -0.286 e. The van der Waals surface area contributed by atoms with E-state index in [4.69, 9.17) is 0 Å². The van der Waals surface area contributed by atoms with Gasteiger partial charge < -0.3 is 0 Å². The second kappa shape index (κ2) is 7.25. The quantitative estimate of drug-likeness (QED) is 0.608. The Morgan fingerprint density at radius 3 is 2.57 bits per heavy atom. The third-order valence-electron chi connectivity index (χ3n) is 1.78. The lowest BCUT2D eigenvalue weighted by Crippen LogP contribution is -2.07. The molecule has 0 aromatic carbocycles. The predicted molar refractivity (Wildman–Crippen MR) is 65.3 cm³/mol. The van der Waals surface area contributed by atoms with Crippen LogP contribution in [0.1, 0.15) is 34.1 Å². The smallest absolute Gasteiger partial charge is 0.0853 e. The van der Waals surface area contributed by atoms with Crippen LogP contribution in [0.4, 0.5) is 0 Å². The second-order valence-electron chi connectivity index (χ2n) is 2.70. The molecular formula is C12H20N2. The summed E-state index contributed by atoms with van der Waals surface area (Å²) in [4.78, 5) is 8.45. The average Bonchev–Trinajstić information content (AvgIpc) is 2.22. The molecule has 0 saturated heterocycles. The number of nitrogens with zero attached hydrogens (tertiary/aromatic N) is 2. The number of aliphatic imine (C=N–C) groups is 2. The van der Waals surface area contributed by atoms with Gasteiger partial charge in [0.15, 0.2) is 0 Å². The Morgan fingerprint density at radius 1 is 1.43 bits per heavy atom. The molecule has 2 heteroatoms. The van der Waals surface area contributed by atoms with Crippen molar-refractivity contribution in [3.8, 4) is 0 Å².